The Hall–Kier alpha value is -6.71. The van der Waals surface area contributed by atoms with Crippen LogP contribution in [0.1, 0.15) is 0 Å². The number of hydrogen-bond donors (Lipinski definition) is 0. The molecule has 0 radical (unpaired) electrons. The number of pyridine rings is 1. The Balaban J connectivity index is 1.26. The topological polar surface area (TPSA) is 38.7 Å². The highest BCUT2D eigenvalue weighted by molar-refractivity contribution is 6.14. The van der Waals surface area contributed by atoms with Gasteiger partial charge in [-0.3, -0.25) is 4.98 Å². The molecule has 9 rings (SSSR count). The predicted octanol–water partition coefficient (Wildman–Crippen LogP) is 12.2. The Bertz CT molecular complexity index is 2610. The van der Waals surface area contributed by atoms with Crippen LogP contribution in [-0.4, -0.2) is 15.0 Å². The molecule has 9 aromatic rings. The number of aromatic nitrogens is 3. The zero-order valence-corrected chi connectivity index (χ0v) is 27.2. The van der Waals surface area contributed by atoms with Crippen molar-refractivity contribution in [2.75, 3.05) is 0 Å². The number of fused-ring (bicyclic) bond motifs is 3. The molecule has 7 aromatic carbocycles. The van der Waals surface area contributed by atoms with Crippen LogP contribution < -0.4 is 0 Å². The van der Waals surface area contributed by atoms with Crippen molar-refractivity contribution >= 4 is 21.5 Å². The van der Waals surface area contributed by atoms with E-state index in [9.17, 15) is 0 Å². The molecule has 2 aromatic heterocycles. The molecule has 0 spiro atoms. The van der Waals surface area contributed by atoms with Crippen LogP contribution in [0.3, 0.4) is 0 Å². The Kier molecular flexibility index (Phi) is 7.49. The fourth-order valence-electron chi connectivity index (χ4n) is 6.86. The van der Waals surface area contributed by atoms with Gasteiger partial charge in [-0.25, -0.2) is 9.97 Å². The van der Waals surface area contributed by atoms with E-state index in [0.29, 0.717) is 5.82 Å². The smallest absolute Gasteiger partial charge is 0.160 e. The summed E-state index contributed by atoms with van der Waals surface area (Å²) in [6.07, 6.45) is 3.70. The normalized spacial score (nSPS) is 11.2. The molecule has 0 amide bonds. The summed E-state index contributed by atoms with van der Waals surface area (Å²) in [6.45, 7) is 0. The summed E-state index contributed by atoms with van der Waals surface area (Å²) >= 11 is 0. The predicted molar refractivity (Wildman–Crippen MR) is 207 cm³/mol. The molecule has 0 aliphatic rings. The molecule has 0 N–H and O–H groups in total. The van der Waals surface area contributed by atoms with E-state index in [0.717, 1.165) is 44.8 Å². The van der Waals surface area contributed by atoms with Crippen LogP contribution in [-0.2, 0) is 0 Å². The Morgan fingerprint density at radius 2 is 0.820 bits per heavy atom. The van der Waals surface area contributed by atoms with Crippen molar-refractivity contribution in [3.63, 3.8) is 0 Å². The number of rotatable bonds is 6. The van der Waals surface area contributed by atoms with E-state index in [4.69, 9.17) is 9.97 Å². The van der Waals surface area contributed by atoms with E-state index in [1.165, 1.54) is 38.2 Å². The Morgan fingerprint density at radius 1 is 0.300 bits per heavy atom. The van der Waals surface area contributed by atoms with Gasteiger partial charge in [-0.05, 0) is 97.4 Å². The molecule has 234 valence electrons. The maximum Gasteiger partial charge on any atom is 0.160 e. The zero-order valence-electron chi connectivity index (χ0n) is 27.2. The van der Waals surface area contributed by atoms with E-state index in [1.807, 2.05) is 36.7 Å². The molecule has 0 saturated carbocycles. The standard InChI is InChI=1S/C47H31N3/c1-3-11-32(12-4-1)33-19-21-35(22-20-33)45-31-46(50-47(49-45)36-13-5-2-6-14-36)40-28-38(34-23-25-48-26-24-34)27-39(29-40)44-30-37-15-7-8-16-41(37)42-17-9-10-18-43(42)44/h1-31H. The quantitative estimate of drug-likeness (QED) is 0.170. The summed E-state index contributed by atoms with van der Waals surface area (Å²) in [7, 11) is 0. The van der Waals surface area contributed by atoms with Crippen LogP contribution in [0.25, 0.3) is 88.8 Å². The summed E-state index contributed by atoms with van der Waals surface area (Å²) in [5, 5.41) is 4.93. The van der Waals surface area contributed by atoms with Gasteiger partial charge in [0.15, 0.2) is 5.82 Å². The van der Waals surface area contributed by atoms with Crippen molar-refractivity contribution in [1.82, 2.24) is 15.0 Å². The van der Waals surface area contributed by atoms with Gasteiger partial charge in [0.25, 0.3) is 0 Å². The van der Waals surface area contributed by atoms with Gasteiger partial charge in [0.1, 0.15) is 0 Å². The molecular formula is C47H31N3. The van der Waals surface area contributed by atoms with E-state index < -0.39 is 0 Å². The van der Waals surface area contributed by atoms with Gasteiger partial charge in [0, 0.05) is 29.1 Å². The van der Waals surface area contributed by atoms with Crippen LogP contribution in [0.5, 0.6) is 0 Å². The van der Waals surface area contributed by atoms with Crippen molar-refractivity contribution in [1.29, 1.82) is 0 Å². The van der Waals surface area contributed by atoms with Crippen LogP contribution >= 0.6 is 0 Å². The summed E-state index contributed by atoms with van der Waals surface area (Å²) in [4.78, 5) is 14.6. The van der Waals surface area contributed by atoms with Gasteiger partial charge in [0.2, 0.25) is 0 Å². The summed E-state index contributed by atoms with van der Waals surface area (Å²) < 4.78 is 0. The van der Waals surface area contributed by atoms with E-state index in [1.54, 1.807) is 0 Å². The molecule has 50 heavy (non-hydrogen) atoms. The minimum absolute atomic E-state index is 0.692. The van der Waals surface area contributed by atoms with Crippen molar-refractivity contribution in [3.8, 4) is 67.3 Å². The minimum atomic E-state index is 0.692. The molecule has 0 aliphatic heterocycles. The van der Waals surface area contributed by atoms with Crippen LogP contribution in [0.4, 0.5) is 0 Å². The molecular weight excluding hydrogens is 607 g/mol. The van der Waals surface area contributed by atoms with Gasteiger partial charge in [-0.15, -0.1) is 0 Å². The number of hydrogen-bond acceptors (Lipinski definition) is 3. The lowest BCUT2D eigenvalue weighted by Gasteiger charge is -2.15. The first-order chi connectivity index (χ1) is 24.8. The van der Waals surface area contributed by atoms with Crippen LogP contribution in [0.2, 0.25) is 0 Å². The Morgan fingerprint density at radius 3 is 1.56 bits per heavy atom. The molecule has 3 nitrogen and oxygen atoms in total. The molecule has 0 saturated heterocycles. The second kappa shape index (κ2) is 12.7. The molecule has 0 unspecified atom stereocenters. The average Bonchev–Trinajstić information content (AvgIpc) is 3.21. The largest absolute Gasteiger partial charge is 0.265 e. The first kappa shape index (κ1) is 29.4. The molecule has 0 fully saturated rings. The first-order valence-corrected chi connectivity index (χ1v) is 16.8. The molecule has 0 aliphatic carbocycles. The van der Waals surface area contributed by atoms with Crippen molar-refractivity contribution in [3.05, 3.63) is 188 Å². The highest BCUT2D eigenvalue weighted by Crippen LogP contribution is 2.39. The highest BCUT2D eigenvalue weighted by atomic mass is 14.9. The maximum atomic E-state index is 5.22. The van der Waals surface area contributed by atoms with Crippen molar-refractivity contribution in [2.24, 2.45) is 0 Å². The molecule has 2 heterocycles. The lowest BCUT2D eigenvalue weighted by Crippen LogP contribution is -1.97. The molecule has 0 bridgehead atoms. The first-order valence-electron chi connectivity index (χ1n) is 16.8. The van der Waals surface area contributed by atoms with Crippen LogP contribution in [0, 0.1) is 0 Å². The zero-order chi connectivity index (χ0) is 33.3. The summed E-state index contributed by atoms with van der Waals surface area (Å²) in [5.41, 5.74) is 11.7. The minimum Gasteiger partial charge on any atom is -0.265 e. The van der Waals surface area contributed by atoms with Crippen LogP contribution in [0.15, 0.2) is 188 Å². The van der Waals surface area contributed by atoms with Gasteiger partial charge >= 0.3 is 0 Å². The lowest BCUT2D eigenvalue weighted by molar-refractivity contribution is 1.18. The van der Waals surface area contributed by atoms with Gasteiger partial charge in [0.05, 0.1) is 11.4 Å². The Labute approximate surface area is 291 Å². The second-order valence-corrected chi connectivity index (χ2v) is 12.5. The second-order valence-electron chi connectivity index (χ2n) is 12.5. The monoisotopic (exact) mass is 637 g/mol. The highest BCUT2D eigenvalue weighted by Gasteiger charge is 2.16. The number of benzene rings is 7. The number of nitrogens with zero attached hydrogens (tertiary/aromatic N) is 3. The third kappa shape index (κ3) is 5.61. The van der Waals surface area contributed by atoms with Crippen molar-refractivity contribution < 1.29 is 0 Å². The van der Waals surface area contributed by atoms with Gasteiger partial charge in [-0.2, -0.15) is 0 Å². The third-order valence-corrected chi connectivity index (χ3v) is 9.37. The maximum absolute atomic E-state index is 5.22. The third-order valence-electron chi connectivity index (χ3n) is 9.37. The summed E-state index contributed by atoms with van der Waals surface area (Å²) in [6, 6.07) is 62.1. The van der Waals surface area contributed by atoms with Gasteiger partial charge in [-0.1, -0.05) is 133 Å². The fourth-order valence-corrected chi connectivity index (χ4v) is 6.86. The molecule has 3 heteroatoms. The van der Waals surface area contributed by atoms with Gasteiger partial charge < -0.3 is 0 Å². The fraction of sp³-hybridized carbons (Fsp3) is 0. The SMILES string of the molecule is c1ccc(-c2ccc(-c3cc(-c4cc(-c5ccncc5)cc(-c5cc6ccccc6c6ccccc56)c4)nc(-c4ccccc4)n3)cc2)cc1. The summed E-state index contributed by atoms with van der Waals surface area (Å²) in [5.74, 6) is 0.692. The van der Waals surface area contributed by atoms with E-state index >= 15 is 0 Å². The average molecular weight is 638 g/mol. The molecule has 0 atom stereocenters. The lowest BCUT2D eigenvalue weighted by atomic mass is 9.90. The van der Waals surface area contributed by atoms with E-state index in [-0.39, 0.29) is 0 Å². The van der Waals surface area contributed by atoms with Crippen molar-refractivity contribution in [2.45, 2.75) is 0 Å². The van der Waals surface area contributed by atoms with E-state index in [2.05, 4.69) is 157 Å².